The van der Waals surface area contributed by atoms with Crippen LogP contribution in [-0.4, -0.2) is 4.98 Å². The highest BCUT2D eigenvalue weighted by Crippen LogP contribution is 2.39. The summed E-state index contributed by atoms with van der Waals surface area (Å²) < 4.78 is 2.24. The van der Waals surface area contributed by atoms with Crippen molar-refractivity contribution < 1.29 is 4.57 Å². The van der Waals surface area contributed by atoms with Gasteiger partial charge >= 0.3 is 0 Å². The van der Waals surface area contributed by atoms with E-state index in [4.69, 9.17) is 0 Å². The lowest BCUT2D eigenvalue weighted by atomic mass is 9.98. The zero-order chi connectivity index (χ0) is 14.4. The maximum Gasteiger partial charge on any atom is 0.216 e. The molecule has 2 aromatic heterocycles. The van der Waals surface area contributed by atoms with Gasteiger partial charge in [0.1, 0.15) is 7.05 Å². The van der Waals surface area contributed by atoms with Gasteiger partial charge in [-0.1, -0.05) is 18.2 Å². The van der Waals surface area contributed by atoms with E-state index in [-0.39, 0.29) is 0 Å². The minimum atomic E-state index is 0.969. The molecular formula is C19H17N2+. The smallest absolute Gasteiger partial charge is 0.216 e. The summed E-state index contributed by atoms with van der Waals surface area (Å²) in [6, 6.07) is 13.0. The van der Waals surface area contributed by atoms with Crippen LogP contribution in [0.4, 0.5) is 0 Å². The molecule has 0 radical (unpaired) electrons. The van der Waals surface area contributed by atoms with Gasteiger partial charge in [0.15, 0.2) is 6.20 Å². The van der Waals surface area contributed by atoms with Gasteiger partial charge in [0.25, 0.3) is 0 Å². The van der Waals surface area contributed by atoms with Crippen molar-refractivity contribution >= 4 is 0 Å². The maximum atomic E-state index is 4.27. The third-order valence-corrected chi connectivity index (χ3v) is 4.39. The normalized spacial score (nSPS) is 12.1. The van der Waals surface area contributed by atoms with E-state index in [0.717, 1.165) is 6.42 Å². The van der Waals surface area contributed by atoms with Crippen LogP contribution in [0.15, 0.2) is 55.0 Å². The van der Waals surface area contributed by atoms with Crippen molar-refractivity contribution in [2.24, 2.45) is 7.05 Å². The van der Waals surface area contributed by atoms with Crippen LogP contribution in [-0.2, 0) is 13.5 Å². The first-order valence-electron chi connectivity index (χ1n) is 7.26. The summed E-state index contributed by atoms with van der Waals surface area (Å²) in [5.74, 6) is 0. The third kappa shape index (κ3) is 1.79. The van der Waals surface area contributed by atoms with Gasteiger partial charge in [-0.25, -0.2) is 4.57 Å². The highest BCUT2D eigenvalue weighted by molar-refractivity contribution is 5.81. The largest absolute Gasteiger partial charge is 0.264 e. The first-order valence-corrected chi connectivity index (χ1v) is 7.26. The third-order valence-electron chi connectivity index (χ3n) is 4.39. The SMILES string of the molecule is Cc1ccccc1-c1c2c(cc[n+]1C)-c1ccncc1C2. The molecule has 1 aliphatic rings. The van der Waals surface area contributed by atoms with E-state index in [1.54, 1.807) is 0 Å². The first-order chi connectivity index (χ1) is 10.3. The predicted molar refractivity (Wildman–Crippen MR) is 83.8 cm³/mol. The van der Waals surface area contributed by atoms with Crippen LogP contribution in [0.5, 0.6) is 0 Å². The molecule has 2 nitrogen and oxygen atoms in total. The van der Waals surface area contributed by atoms with Gasteiger partial charge in [0.2, 0.25) is 5.69 Å². The van der Waals surface area contributed by atoms with Crippen molar-refractivity contribution in [3.05, 3.63) is 71.7 Å². The fourth-order valence-corrected chi connectivity index (χ4v) is 3.35. The zero-order valence-electron chi connectivity index (χ0n) is 12.3. The number of rotatable bonds is 1. The molecule has 21 heavy (non-hydrogen) atoms. The molecule has 1 aliphatic carbocycles. The van der Waals surface area contributed by atoms with Crippen LogP contribution in [0.3, 0.4) is 0 Å². The summed E-state index contributed by atoms with van der Waals surface area (Å²) in [7, 11) is 2.13. The Morgan fingerprint density at radius 2 is 1.86 bits per heavy atom. The number of aryl methyl sites for hydroxylation is 2. The Morgan fingerprint density at radius 3 is 2.71 bits per heavy atom. The molecule has 0 fully saturated rings. The lowest BCUT2D eigenvalue weighted by molar-refractivity contribution is -0.660. The maximum absolute atomic E-state index is 4.27. The molecule has 0 bridgehead atoms. The summed E-state index contributed by atoms with van der Waals surface area (Å²) in [6.07, 6.45) is 7.01. The van der Waals surface area contributed by atoms with E-state index < -0.39 is 0 Å². The quantitative estimate of drug-likeness (QED) is 0.485. The number of benzene rings is 1. The van der Waals surface area contributed by atoms with E-state index in [0.29, 0.717) is 0 Å². The topological polar surface area (TPSA) is 16.8 Å². The first kappa shape index (κ1) is 12.3. The van der Waals surface area contributed by atoms with Crippen molar-refractivity contribution in [3.8, 4) is 22.4 Å². The van der Waals surface area contributed by atoms with Crippen molar-refractivity contribution in [1.82, 2.24) is 4.98 Å². The molecule has 0 amide bonds. The number of hydrogen-bond acceptors (Lipinski definition) is 1. The average Bonchev–Trinajstić information content (AvgIpc) is 2.87. The molecule has 0 spiro atoms. The minimum Gasteiger partial charge on any atom is -0.264 e. The van der Waals surface area contributed by atoms with Crippen LogP contribution < -0.4 is 4.57 Å². The van der Waals surface area contributed by atoms with Gasteiger partial charge in [0, 0.05) is 36.0 Å². The summed E-state index contributed by atoms with van der Waals surface area (Å²) in [4.78, 5) is 4.27. The lowest BCUT2D eigenvalue weighted by Crippen LogP contribution is -2.32. The second kappa shape index (κ2) is 4.52. The van der Waals surface area contributed by atoms with Gasteiger partial charge in [0.05, 0.1) is 0 Å². The molecule has 0 aliphatic heterocycles. The van der Waals surface area contributed by atoms with E-state index in [9.17, 15) is 0 Å². The van der Waals surface area contributed by atoms with Crippen molar-refractivity contribution in [1.29, 1.82) is 0 Å². The average molecular weight is 273 g/mol. The van der Waals surface area contributed by atoms with Crippen LogP contribution in [0.1, 0.15) is 16.7 Å². The van der Waals surface area contributed by atoms with Gasteiger partial charge in [-0.15, -0.1) is 0 Å². The minimum absolute atomic E-state index is 0.969. The van der Waals surface area contributed by atoms with Crippen LogP contribution in [0.25, 0.3) is 22.4 Å². The van der Waals surface area contributed by atoms with E-state index in [1.807, 2.05) is 12.4 Å². The molecule has 3 aromatic rings. The number of nitrogens with zero attached hydrogens (tertiary/aromatic N) is 2. The molecule has 0 saturated carbocycles. The van der Waals surface area contributed by atoms with Crippen molar-refractivity contribution in [2.75, 3.05) is 0 Å². The fraction of sp³-hybridized carbons (Fsp3) is 0.158. The molecule has 0 unspecified atom stereocenters. The van der Waals surface area contributed by atoms with Crippen LogP contribution in [0, 0.1) is 6.92 Å². The second-order valence-electron chi connectivity index (χ2n) is 5.69. The summed E-state index contributed by atoms with van der Waals surface area (Å²) in [5.41, 5.74) is 9.38. The lowest BCUT2D eigenvalue weighted by Gasteiger charge is -2.09. The van der Waals surface area contributed by atoms with E-state index in [1.165, 1.54) is 39.1 Å². The Bertz CT molecular complexity index is 850. The van der Waals surface area contributed by atoms with Gasteiger partial charge in [-0.3, -0.25) is 4.98 Å². The standard InChI is InChI=1S/C19H17N2/c1-13-5-3-4-6-15(13)19-18-11-14-12-20-9-7-16(14)17(18)8-10-21(19)2/h3-10,12H,11H2,1-2H3/q+1. The molecule has 2 heteroatoms. The predicted octanol–water partition coefficient (Wildman–Crippen LogP) is 3.45. The molecule has 2 heterocycles. The highest BCUT2D eigenvalue weighted by Gasteiger charge is 2.27. The second-order valence-corrected chi connectivity index (χ2v) is 5.69. The molecule has 0 atom stereocenters. The number of hydrogen-bond donors (Lipinski definition) is 0. The van der Waals surface area contributed by atoms with E-state index in [2.05, 4.69) is 66.1 Å². The molecule has 102 valence electrons. The summed E-state index contributed by atoms with van der Waals surface area (Å²) in [5, 5.41) is 0. The van der Waals surface area contributed by atoms with E-state index >= 15 is 0 Å². The Balaban J connectivity index is 2.01. The Hall–Kier alpha value is -2.48. The Kier molecular flexibility index (Phi) is 2.64. The Morgan fingerprint density at radius 1 is 1.00 bits per heavy atom. The number of aromatic nitrogens is 2. The monoisotopic (exact) mass is 273 g/mol. The van der Waals surface area contributed by atoms with Gasteiger partial charge < -0.3 is 0 Å². The van der Waals surface area contributed by atoms with Crippen LogP contribution in [0.2, 0.25) is 0 Å². The van der Waals surface area contributed by atoms with Gasteiger partial charge in [-0.05, 0) is 41.3 Å². The molecule has 0 N–H and O–H groups in total. The summed E-state index contributed by atoms with van der Waals surface area (Å²) >= 11 is 0. The number of pyridine rings is 2. The van der Waals surface area contributed by atoms with Crippen molar-refractivity contribution in [2.45, 2.75) is 13.3 Å². The van der Waals surface area contributed by atoms with Crippen LogP contribution >= 0.6 is 0 Å². The molecule has 1 aromatic carbocycles. The number of fused-ring (bicyclic) bond motifs is 3. The Labute approximate surface area is 124 Å². The van der Waals surface area contributed by atoms with Crippen molar-refractivity contribution in [3.63, 3.8) is 0 Å². The molecule has 0 saturated heterocycles. The molecule has 4 rings (SSSR count). The molecular weight excluding hydrogens is 256 g/mol. The zero-order valence-corrected chi connectivity index (χ0v) is 12.3. The summed E-state index contributed by atoms with van der Waals surface area (Å²) in [6.45, 7) is 2.18. The van der Waals surface area contributed by atoms with Gasteiger partial charge in [-0.2, -0.15) is 0 Å². The fourth-order valence-electron chi connectivity index (χ4n) is 3.35. The highest BCUT2D eigenvalue weighted by atomic mass is 14.9.